The van der Waals surface area contributed by atoms with E-state index in [-0.39, 0.29) is 6.10 Å². The van der Waals surface area contributed by atoms with Gasteiger partial charge in [0.25, 0.3) is 0 Å². The van der Waals surface area contributed by atoms with E-state index in [1.807, 2.05) is 7.05 Å². The Morgan fingerprint density at radius 2 is 2.00 bits per heavy atom. The van der Waals surface area contributed by atoms with Gasteiger partial charge in [0.05, 0.1) is 6.10 Å². The first-order chi connectivity index (χ1) is 4.34. The summed E-state index contributed by atoms with van der Waals surface area (Å²) in [5.74, 6) is 0. The first-order valence-electron chi connectivity index (χ1n) is 3.70. The lowest BCUT2D eigenvalue weighted by molar-refractivity contribution is 0.0948. The molecule has 1 aliphatic carbocycles. The van der Waals surface area contributed by atoms with Gasteiger partial charge in [-0.15, -0.1) is 0 Å². The highest BCUT2D eigenvalue weighted by Crippen LogP contribution is 2.17. The predicted octanol–water partition coefficient (Wildman–Crippen LogP) is 0.509. The molecule has 0 heterocycles. The molecule has 2 atom stereocenters. The van der Waals surface area contributed by atoms with Crippen molar-refractivity contribution in [3.05, 3.63) is 0 Å². The highest BCUT2D eigenvalue weighted by Gasteiger charge is 2.20. The van der Waals surface area contributed by atoms with Crippen LogP contribution in [0, 0.1) is 0 Å². The van der Waals surface area contributed by atoms with Crippen LogP contribution in [0.1, 0.15) is 25.7 Å². The maximum absolute atomic E-state index is 9.31. The second-order valence-corrected chi connectivity index (χ2v) is 2.75. The molecular weight excluding hydrogens is 114 g/mol. The van der Waals surface area contributed by atoms with E-state index in [2.05, 4.69) is 5.32 Å². The summed E-state index contributed by atoms with van der Waals surface area (Å²) in [6, 6.07) is 0.360. The Hall–Kier alpha value is -0.0800. The van der Waals surface area contributed by atoms with Crippen LogP contribution in [0.15, 0.2) is 0 Å². The molecule has 1 saturated carbocycles. The third-order valence-electron chi connectivity index (χ3n) is 2.10. The fourth-order valence-corrected chi connectivity index (χ4v) is 1.45. The topological polar surface area (TPSA) is 32.3 Å². The Kier molecular flexibility index (Phi) is 2.49. The van der Waals surface area contributed by atoms with E-state index in [0.29, 0.717) is 6.04 Å². The normalized spacial score (nSPS) is 36.7. The fourth-order valence-electron chi connectivity index (χ4n) is 1.45. The van der Waals surface area contributed by atoms with Gasteiger partial charge in [-0.25, -0.2) is 0 Å². The number of hydrogen-bond acceptors (Lipinski definition) is 2. The van der Waals surface area contributed by atoms with Crippen molar-refractivity contribution < 1.29 is 5.11 Å². The van der Waals surface area contributed by atoms with E-state index in [0.717, 1.165) is 12.8 Å². The minimum Gasteiger partial charge on any atom is -0.392 e. The van der Waals surface area contributed by atoms with E-state index in [1.54, 1.807) is 0 Å². The summed E-state index contributed by atoms with van der Waals surface area (Å²) >= 11 is 0. The molecule has 0 aromatic heterocycles. The quantitative estimate of drug-likeness (QED) is 0.540. The SMILES string of the molecule is CN[C@@H]1CCCC[C@H]1O. The molecular formula is C7H15NO. The van der Waals surface area contributed by atoms with Gasteiger partial charge in [-0.1, -0.05) is 12.8 Å². The third kappa shape index (κ3) is 1.66. The molecule has 1 aliphatic rings. The summed E-state index contributed by atoms with van der Waals surface area (Å²) in [4.78, 5) is 0. The number of nitrogens with one attached hydrogen (secondary N) is 1. The Balaban J connectivity index is 2.30. The zero-order valence-electron chi connectivity index (χ0n) is 5.93. The van der Waals surface area contributed by atoms with Crippen LogP contribution in [0.4, 0.5) is 0 Å². The fraction of sp³-hybridized carbons (Fsp3) is 1.00. The van der Waals surface area contributed by atoms with Crippen molar-refractivity contribution in [3.8, 4) is 0 Å². The van der Waals surface area contributed by atoms with Gasteiger partial charge in [-0.05, 0) is 19.9 Å². The summed E-state index contributed by atoms with van der Waals surface area (Å²) in [7, 11) is 1.92. The van der Waals surface area contributed by atoms with Crippen molar-refractivity contribution in [2.24, 2.45) is 0 Å². The second kappa shape index (κ2) is 3.18. The van der Waals surface area contributed by atoms with E-state index in [9.17, 15) is 5.11 Å². The lowest BCUT2D eigenvalue weighted by Gasteiger charge is -2.26. The van der Waals surface area contributed by atoms with Gasteiger partial charge in [-0.3, -0.25) is 0 Å². The maximum Gasteiger partial charge on any atom is 0.0693 e. The molecule has 2 N–H and O–H groups in total. The zero-order chi connectivity index (χ0) is 6.69. The highest BCUT2D eigenvalue weighted by molar-refractivity contribution is 4.78. The molecule has 0 amide bonds. The summed E-state index contributed by atoms with van der Waals surface area (Å²) in [6.45, 7) is 0. The molecule has 0 aromatic rings. The molecule has 0 unspecified atom stereocenters. The van der Waals surface area contributed by atoms with Crippen LogP contribution < -0.4 is 5.32 Å². The van der Waals surface area contributed by atoms with Gasteiger partial charge in [0.1, 0.15) is 0 Å². The molecule has 0 spiro atoms. The van der Waals surface area contributed by atoms with E-state index in [4.69, 9.17) is 0 Å². The third-order valence-corrected chi connectivity index (χ3v) is 2.10. The second-order valence-electron chi connectivity index (χ2n) is 2.75. The van der Waals surface area contributed by atoms with Gasteiger partial charge in [0.15, 0.2) is 0 Å². The molecule has 0 saturated heterocycles. The monoisotopic (exact) mass is 129 g/mol. The van der Waals surface area contributed by atoms with E-state index >= 15 is 0 Å². The minimum atomic E-state index is -0.0938. The van der Waals surface area contributed by atoms with Crippen molar-refractivity contribution in [2.45, 2.75) is 37.8 Å². The van der Waals surface area contributed by atoms with Crippen LogP contribution in [0.3, 0.4) is 0 Å². The molecule has 0 aromatic carbocycles. The molecule has 0 aliphatic heterocycles. The van der Waals surface area contributed by atoms with Crippen LogP contribution in [0.25, 0.3) is 0 Å². The van der Waals surface area contributed by atoms with Gasteiger partial charge >= 0.3 is 0 Å². The summed E-state index contributed by atoms with van der Waals surface area (Å²) in [6.07, 6.45) is 4.48. The molecule has 54 valence electrons. The van der Waals surface area contributed by atoms with Crippen LogP contribution in [-0.2, 0) is 0 Å². The Labute approximate surface area is 56.3 Å². The maximum atomic E-state index is 9.31. The largest absolute Gasteiger partial charge is 0.392 e. The molecule has 1 rings (SSSR count). The first-order valence-corrected chi connectivity index (χ1v) is 3.70. The van der Waals surface area contributed by atoms with Gasteiger partial charge < -0.3 is 10.4 Å². The molecule has 9 heavy (non-hydrogen) atoms. The smallest absolute Gasteiger partial charge is 0.0693 e. The van der Waals surface area contributed by atoms with Crippen molar-refractivity contribution in [1.29, 1.82) is 0 Å². The molecule has 0 radical (unpaired) electrons. The number of hydrogen-bond donors (Lipinski definition) is 2. The number of likely N-dealkylation sites (N-methyl/N-ethyl adjacent to an activating group) is 1. The predicted molar refractivity (Wildman–Crippen MR) is 37.3 cm³/mol. The molecule has 0 bridgehead atoms. The van der Waals surface area contributed by atoms with Crippen molar-refractivity contribution in [2.75, 3.05) is 7.05 Å². The van der Waals surface area contributed by atoms with Crippen LogP contribution in [-0.4, -0.2) is 24.3 Å². The van der Waals surface area contributed by atoms with Gasteiger partial charge in [0.2, 0.25) is 0 Å². The standard InChI is InChI=1S/C7H15NO/c1-8-6-4-2-3-5-7(6)9/h6-9H,2-5H2,1H3/t6-,7-/m1/s1. The highest BCUT2D eigenvalue weighted by atomic mass is 16.3. The molecule has 2 nitrogen and oxygen atoms in total. The first kappa shape index (κ1) is 7.03. The van der Waals surface area contributed by atoms with Crippen LogP contribution in [0.5, 0.6) is 0 Å². The summed E-state index contributed by atoms with van der Waals surface area (Å²) < 4.78 is 0. The van der Waals surface area contributed by atoms with Crippen LogP contribution in [0.2, 0.25) is 0 Å². The Bertz CT molecular complexity index is 85.0. The van der Waals surface area contributed by atoms with E-state index < -0.39 is 0 Å². The Morgan fingerprint density at radius 1 is 1.33 bits per heavy atom. The summed E-state index contributed by atoms with van der Waals surface area (Å²) in [5, 5.41) is 12.4. The molecule has 2 heteroatoms. The lowest BCUT2D eigenvalue weighted by Crippen LogP contribution is -2.39. The average molecular weight is 129 g/mol. The van der Waals surface area contributed by atoms with Crippen molar-refractivity contribution in [1.82, 2.24) is 5.32 Å². The van der Waals surface area contributed by atoms with Gasteiger partial charge in [-0.2, -0.15) is 0 Å². The van der Waals surface area contributed by atoms with Gasteiger partial charge in [0, 0.05) is 6.04 Å². The lowest BCUT2D eigenvalue weighted by atomic mass is 9.93. The van der Waals surface area contributed by atoms with E-state index in [1.165, 1.54) is 12.8 Å². The molecule has 1 fully saturated rings. The number of rotatable bonds is 1. The minimum absolute atomic E-state index is 0.0938. The van der Waals surface area contributed by atoms with Crippen molar-refractivity contribution >= 4 is 0 Å². The summed E-state index contributed by atoms with van der Waals surface area (Å²) in [5.41, 5.74) is 0. The Morgan fingerprint density at radius 3 is 2.44 bits per heavy atom. The van der Waals surface area contributed by atoms with Crippen LogP contribution >= 0.6 is 0 Å². The zero-order valence-corrected chi connectivity index (χ0v) is 5.93. The average Bonchev–Trinajstić information content (AvgIpc) is 1.89. The number of aliphatic hydroxyl groups excluding tert-OH is 1. The van der Waals surface area contributed by atoms with Crippen molar-refractivity contribution in [3.63, 3.8) is 0 Å². The number of aliphatic hydroxyl groups is 1.